The van der Waals surface area contributed by atoms with Crippen molar-refractivity contribution >= 4 is 29.2 Å². The molecule has 1 saturated heterocycles. The molecule has 10 nitrogen and oxygen atoms in total. The van der Waals surface area contributed by atoms with E-state index in [1.807, 2.05) is 26.0 Å². The summed E-state index contributed by atoms with van der Waals surface area (Å²) < 4.78 is 6.35. The van der Waals surface area contributed by atoms with E-state index in [1.54, 1.807) is 0 Å². The number of benzene rings is 2. The maximum Gasteiger partial charge on any atom is 0.282 e. The fraction of sp³-hybridized carbons (Fsp3) is 0.360. The second-order valence-corrected chi connectivity index (χ2v) is 9.38. The molecule has 2 aromatic carbocycles. The molecule has 0 saturated carbocycles. The smallest absolute Gasteiger partial charge is 0.282 e. The topological polar surface area (TPSA) is 127 Å². The molecular formula is C25H23N3O7. The number of nitro benzene ring substituents is 1. The van der Waals surface area contributed by atoms with E-state index < -0.39 is 40.5 Å². The zero-order valence-electron chi connectivity index (χ0n) is 19.3. The van der Waals surface area contributed by atoms with Crippen LogP contribution in [0.2, 0.25) is 0 Å². The highest BCUT2D eigenvalue weighted by Gasteiger charge is 2.46. The van der Waals surface area contributed by atoms with Crippen LogP contribution in [0.5, 0.6) is 5.75 Å². The minimum absolute atomic E-state index is 0.0189. The number of amides is 3. The maximum absolute atomic E-state index is 13.0. The molecule has 0 radical (unpaired) electrons. The number of hydrogen-bond acceptors (Lipinski definition) is 7. The van der Waals surface area contributed by atoms with Crippen molar-refractivity contribution < 1.29 is 28.8 Å². The number of aryl methyl sites for hydroxylation is 2. The Balaban J connectivity index is 1.28. The first-order chi connectivity index (χ1) is 16.6. The molecule has 0 unspecified atom stereocenters. The number of imide groups is 1. The number of fused-ring (bicyclic) bond motifs is 2. The number of nitro groups is 1. The molecule has 10 heteroatoms. The molecule has 5 rings (SSSR count). The van der Waals surface area contributed by atoms with Crippen LogP contribution in [0, 0.1) is 24.0 Å². The maximum atomic E-state index is 13.0. The molecule has 3 aliphatic rings. The highest BCUT2D eigenvalue weighted by molar-refractivity contribution is 6.24. The van der Waals surface area contributed by atoms with E-state index in [0.29, 0.717) is 37.2 Å². The monoisotopic (exact) mass is 477 g/mol. The molecule has 0 aliphatic carbocycles. The van der Waals surface area contributed by atoms with Gasteiger partial charge in [0.25, 0.3) is 17.5 Å². The van der Waals surface area contributed by atoms with Crippen LogP contribution in [0.1, 0.15) is 61.5 Å². The van der Waals surface area contributed by atoms with Gasteiger partial charge in [0.1, 0.15) is 23.5 Å². The van der Waals surface area contributed by atoms with E-state index in [9.17, 15) is 29.3 Å². The zero-order chi connectivity index (χ0) is 25.1. The van der Waals surface area contributed by atoms with Gasteiger partial charge in [0, 0.05) is 32.0 Å². The van der Waals surface area contributed by atoms with E-state index in [4.69, 9.17) is 4.74 Å². The highest BCUT2D eigenvalue weighted by atomic mass is 16.6. The van der Waals surface area contributed by atoms with E-state index in [0.717, 1.165) is 22.1 Å². The molecule has 0 aromatic heterocycles. The van der Waals surface area contributed by atoms with Gasteiger partial charge in [0.05, 0.1) is 22.5 Å². The van der Waals surface area contributed by atoms with E-state index in [1.165, 1.54) is 17.0 Å². The fourth-order valence-electron chi connectivity index (χ4n) is 5.23. The first-order valence-electron chi connectivity index (χ1n) is 11.3. The molecular weight excluding hydrogens is 454 g/mol. The van der Waals surface area contributed by atoms with Crippen molar-refractivity contribution in [2.75, 3.05) is 19.6 Å². The van der Waals surface area contributed by atoms with Gasteiger partial charge >= 0.3 is 0 Å². The molecule has 1 spiro atoms. The van der Waals surface area contributed by atoms with E-state index >= 15 is 0 Å². The van der Waals surface area contributed by atoms with Crippen molar-refractivity contribution in [3.8, 4) is 5.75 Å². The lowest BCUT2D eigenvalue weighted by atomic mass is 9.81. The first-order valence-corrected chi connectivity index (χ1v) is 11.3. The molecule has 180 valence electrons. The summed E-state index contributed by atoms with van der Waals surface area (Å²) in [5.74, 6) is -1.39. The minimum Gasteiger partial charge on any atom is -0.486 e. The van der Waals surface area contributed by atoms with Crippen LogP contribution in [0.15, 0.2) is 30.3 Å². The number of piperidine rings is 1. The van der Waals surface area contributed by atoms with Crippen LogP contribution in [-0.2, 0) is 4.79 Å². The number of carbonyl (C=O) groups excluding carboxylic acids is 4. The second kappa shape index (κ2) is 8.00. The van der Waals surface area contributed by atoms with Crippen LogP contribution < -0.4 is 4.74 Å². The minimum atomic E-state index is -0.845. The zero-order valence-corrected chi connectivity index (χ0v) is 19.3. The van der Waals surface area contributed by atoms with Crippen LogP contribution in [-0.4, -0.2) is 63.5 Å². The van der Waals surface area contributed by atoms with Crippen molar-refractivity contribution in [2.45, 2.75) is 38.7 Å². The van der Waals surface area contributed by atoms with Crippen LogP contribution >= 0.6 is 0 Å². The van der Waals surface area contributed by atoms with Gasteiger partial charge in [-0.3, -0.25) is 34.2 Å². The largest absolute Gasteiger partial charge is 0.486 e. The lowest BCUT2D eigenvalue weighted by Crippen LogP contribution is -2.54. The number of ketones is 1. The van der Waals surface area contributed by atoms with Crippen LogP contribution in [0.3, 0.4) is 0 Å². The number of nitrogens with zero attached hydrogens (tertiary/aromatic N) is 3. The Bertz CT molecular complexity index is 1320. The third-order valence-corrected chi connectivity index (χ3v) is 7.02. The average molecular weight is 477 g/mol. The van der Waals surface area contributed by atoms with Crippen molar-refractivity contribution in [3.05, 3.63) is 68.3 Å². The Hall–Kier alpha value is -4.08. The van der Waals surface area contributed by atoms with Gasteiger partial charge < -0.3 is 9.64 Å². The van der Waals surface area contributed by atoms with Crippen LogP contribution in [0.4, 0.5) is 5.69 Å². The van der Waals surface area contributed by atoms with Crippen molar-refractivity contribution in [2.24, 2.45) is 0 Å². The molecule has 1 fully saturated rings. The summed E-state index contributed by atoms with van der Waals surface area (Å²) in [7, 11) is 0. The van der Waals surface area contributed by atoms with E-state index in [2.05, 4.69) is 0 Å². The summed E-state index contributed by atoms with van der Waals surface area (Å²) in [5, 5.41) is 11.3. The molecule has 2 aromatic rings. The third-order valence-electron chi connectivity index (χ3n) is 7.02. The van der Waals surface area contributed by atoms with Crippen LogP contribution in [0.25, 0.3) is 0 Å². The van der Waals surface area contributed by atoms with Gasteiger partial charge in [-0.15, -0.1) is 0 Å². The van der Waals surface area contributed by atoms with Gasteiger partial charge in [-0.1, -0.05) is 12.1 Å². The Morgan fingerprint density at radius 3 is 2.49 bits per heavy atom. The Kier molecular flexibility index (Phi) is 5.19. The lowest BCUT2D eigenvalue weighted by Gasteiger charge is -2.44. The molecule has 0 atom stereocenters. The number of ether oxygens (including phenoxy) is 1. The Morgan fingerprint density at radius 1 is 1.09 bits per heavy atom. The Labute approximate surface area is 200 Å². The summed E-state index contributed by atoms with van der Waals surface area (Å²) in [6, 6.07) is 7.64. The summed E-state index contributed by atoms with van der Waals surface area (Å²) in [5.41, 5.74) is 0.960. The van der Waals surface area contributed by atoms with Crippen molar-refractivity contribution in [1.29, 1.82) is 0 Å². The van der Waals surface area contributed by atoms with E-state index in [-0.39, 0.29) is 23.3 Å². The molecule has 3 aliphatic heterocycles. The quantitative estimate of drug-likeness (QED) is 0.378. The summed E-state index contributed by atoms with van der Waals surface area (Å²) >= 11 is 0. The number of carbonyl (C=O) groups is 4. The molecule has 3 amide bonds. The first kappa shape index (κ1) is 22.7. The highest BCUT2D eigenvalue weighted by Crippen LogP contribution is 2.41. The SMILES string of the molecule is Cc1cc(C)c2c(c1)C(=O)CC1(CCN(C(=O)CN3C(=O)c4cccc([N+](=O)[O-])c4C3=O)CC1)O2. The fourth-order valence-corrected chi connectivity index (χ4v) is 5.23. The summed E-state index contributed by atoms with van der Waals surface area (Å²) in [6.07, 6.45) is 1.10. The summed E-state index contributed by atoms with van der Waals surface area (Å²) in [4.78, 5) is 64.2. The molecule has 0 bridgehead atoms. The summed E-state index contributed by atoms with van der Waals surface area (Å²) in [6.45, 7) is 3.94. The molecule has 0 N–H and O–H groups in total. The van der Waals surface area contributed by atoms with Gasteiger partial charge in [0.15, 0.2) is 5.78 Å². The Morgan fingerprint density at radius 2 is 1.80 bits per heavy atom. The average Bonchev–Trinajstić information content (AvgIpc) is 3.05. The molecule has 35 heavy (non-hydrogen) atoms. The number of Topliss-reactive ketones (excluding diaryl/α,β-unsaturated/α-hetero) is 1. The predicted molar refractivity (Wildman–Crippen MR) is 122 cm³/mol. The normalized spacial score (nSPS) is 18.4. The van der Waals surface area contributed by atoms with Crippen molar-refractivity contribution in [3.63, 3.8) is 0 Å². The third kappa shape index (κ3) is 3.65. The number of likely N-dealkylation sites (tertiary alicyclic amines) is 1. The molecule has 3 heterocycles. The van der Waals surface area contributed by atoms with Gasteiger partial charge in [-0.25, -0.2) is 0 Å². The lowest BCUT2D eigenvalue weighted by molar-refractivity contribution is -0.385. The standard InChI is InChI=1S/C25H23N3O7/c1-14-10-15(2)22-17(11-14)19(29)12-25(35-22)6-8-26(9-7-25)20(30)13-27-23(31)16-4-3-5-18(28(33)34)21(16)24(27)32/h3-5,10-11H,6-9,12-13H2,1-2H3. The number of hydrogen-bond donors (Lipinski definition) is 0. The van der Waals surface area contributed by atoms with Gasteiger partial charge in [-0.05, 0) is 37.1 Å². The van der Waals surface area contributed by atoms with Crippen molar-refractivity contribution in [1.82, 2.24) is 9.80 Å². The second-order valence-electron chi connectivity index (χ2n) is 9.38. The van der Waals surface area contributed by atoms with Gasteiger partial charge in [-0.2, -0.15) is 0 Å². The van der Waals surface area contributed by atoms with Gasteiger partial charge in [0.2, 0.25) is 5.91 Å². The number of rotatable bonds is 3. The predicted octanol–water partition coefficient (Wildman–Crippen LogP) is 2.83.